The summed E-state index contributed by atoms with van der Waals surface area (Å²) in [6.45, 7) is 18.4. The van der Waals surface area contributed by atoms with Gasteiger partial charge in [-0.15, -0.1) is 0 Å². The predicted octanol–water partition coefficient (Wildman–Crippen LogP) is 3.09. The maximum absolute atomic E-state index is 13.3. The van der Waals surface area contributed by atoms with E-state index in [0.29, 0.717) is 11.0 Å². The van der Waals surface area contributed by atoms with E-state index in [1.165, 1.54) is 6.07 Å². The third kappa shape index (κ3) is 6.70. The first-order valence-corrected chi connectivity index (χ1v) is 12.2. The summed E-state index contributed by atoms with van der Waals surface area (Å²) >= 11 is 0. The van der Waals surface area contributed by atoms with E-state index in [1.807, 2.05) is 27.7 Å². The number of carbonyl (C=O) groups excluding carboxylic acids is 1. The van der Waals surface area contributed by atoms with Crippen LogP contribution in [0.15, 0.2) is 23.1 Å². The van der Waals surface area contributed by atoms with Crippen LogP contribution in [0.1, 0.15) is 74.8 Å². The molecule has 0 unspecified atom stereocenters. The van der Waals surface area contributed by atoms with E-state index in [1.54, 1.807) is 53.7 Å². The highest BCUT2D eigenvalue weighted by molar-refractivity contribution is 7.89. The molecule has 10 heteroatoms. The van der Waals surface area contributed by atoms with Crippen LogP contribution in [-0.4, -0.2) is 44.0 Å². The SMILES string of the molecule is CC(C)(C)NS(=O)(=O)c1cc(CNC(=O)OC(C)(C)C)ccc1B1OC(C)(C)C(C)(C)O1. The van der Waals surface area contributed by atoms with Gasteiger partial charge >= 0.3 is 13.2 Å². The minimum Gasteiger partial charge on any atom is -0.444 e. The van der Waals surface area contributed by atoms with Gasteiger partial charge in [0.05, 0.1) is 16.1 Å². The number of hydrogen-bond donors (Lipinski definition) is 2. The lowest BCUT2D eigenvalue weighted by atomic mass is 9.78. The summed E-state index contributed by atoms with van der Waals surface area (Å²) in [6, 6.07) is 4.95. The molecule has 1 aliphatic heterocycles. The molecule has 0 radical (unpaired) electrons. The van der Waals surface area contributed by atoms with Crippen molar-refractivity contribution in [1.82, 2.24) is 10.0 Å². The maximum Gasteiger partial charge on any atom is 0.496 e. The van der Waals surface area contributed by atoms with Crippen LogP contribution >= 0.6 is 0 Å². The van der Waals surface area contributed by atoms with Gasteiger partial charge in [-0.05, 0) is 80.9 Å². The minimum absolute atomic E-state index is 0.0504. The minimum atomic E-state index is -3.90. The highest BCUT2D eigenvalue weighted by Gasteiger charge is 2.52. The van der Waals surface area contributed by atoms with Crippen molar-refractivity contribution in [2.75, 3.05) is 0 Å². The molecule has 1 amide bonds. The van der Waals surface area contributed by atoms with Crippen molar-refractivity contribution in [2.24, 2.45) is 0 Å². The van der Waals surface area contributed by atoms with E-state index in [0.717, 1.165) is 0 Å². The summed E-state index contributed by atoms with van der Waals surface area (Å²) in [4.78, 5) is 12.1. The quantitative estimate of drug-likeness (QED) is 0.644. The van der Waals surface area contributed by atoms with Gasteiger partial charge in [-0.2, -0.15) is 0 Å². The van der Waals surface area contributed by atoms with Crippen LogP contribution in [-0.2, 0) is 30.6 Å². The predicted molar refractivity (Wildman–Crippen MR) is 125 cm³/mol. The highest BCUT2D eigenvalue weighted by atomic mass is 32.2. The highest BCUT2D eigenvalue weighted by Crippen LogP contribution is 2.37. The first kappa shape index (κ1) is 26.6. The van der Waals surface area contributed by atoms with E-state index in [4.69, 9.17) is 14.0 Å². The van der Waals surface area contributed by atoms with E-state index < -0.39 is 45.6 Å². The molecule has 180 valence electrons. The van der Waals surface area contributed by atoms with Gasteiger partial charge in [-0.3, -0.25) is 0 Å². The summed E-state index contributed by atoms with van der Waals surface area (Å²) in [5.41, 5.74) is -1.54. The van der Waals surface area contributed by atoms with E-state index in [2.05, 4.69) is 10.0 Å². The van der Waals surface area contributed by atoms with Gasteiger partial charge in [0.1, 0.15) is 5.60 Å². The summed E-state index contributed by atoms with van der Waals surface area (Å²) in [6.07, 6.45) is -0.579. The van der Waals surface area contributed by atoms with Gasteiger partial charge in [0.25, 0.3) is 0 Å². The molecule has 2 N–H and O–H groups in total. The van der Waals surface area contributed by atoms with Crippen molar-refractivity contribution >= 4 is 28.7 Å². The number of hydrogen-bond acceptors (Lipinski definition) is 6. The lowest BCUT2D eigenvalue weighted by Gasteiger charge is -2.32. The number of alkyl carbamates (subject to hydrolysis) is 1. The summed E-state index contributed by atoms with van der Waals surface area (Å²) in [5.74, 6) is 0. The Morgan fingerprint density at radius 1 is 1.03 bits per heavy atom. The number of nitrogens with one attached hydrogen (secondary N) is 2. The second-order valence-electron chi connectivity index (χ2n) is 11.2. The average molecular weight is 468 g/mol. The first-order valence-electron chi connectivity index (χ1n) is 10.7. The standard InChI is InChI=1S/C22H37BN2O6S/c1-19(2,3)25-32(27,28)17-13-15(14-24-18(26)29-20(4,5)6)11-12-16(17)23-30-21(7,8)22(9,10)31-23/h11-13,25H,14H2,1-10H3,(H,24,26). The Morgan fingerprint density at radius 3 is 2.03 bits per heavy atom. The van der Waals surface area contributed by atoms with Crippen molar-refractivity contribution in [2.45, 2.75) is 103 Å². The largest absolute Gasteiger partial charge is 0.496 e. The first-order chi connectivity index (χ1) is 14.2. The molecule has 0 aromatic heterocycles. The fourth-order valence-corrected chi connectivity index (χ4v) is 4.73. The summed E-state index contributed by atoms with van der Waals surface area (Å²) in [5, 5.41) is 2.66. The third-order valence-electron chi connectivity index (χ3n) is 5.15. The molecule has 1 aromatic rings. The van der Waals surface area contributed by atoms with Crippen LogP contribution in [0, 0.1) is 0 Å². The topological polar surface area (TPSA) is 103 Å². The molecular weight excluding hydrogens is 431 g/mol. The molecule has 0 bridgehead atoms. The number of ether oxygens (including phenoxy) is 1. The summed E-state index contributed by atoms with van der Waals surface area (Å²) in [7, 11) is -4.75. The Labute approximate surface area is 193 Å². The molecule has 2 rings (SSSR count). The number of sulfonamides is 1. The Balaban J connectivity index is 2.42. The van der Waals surface area contributed by atoms with Crippen molar-refractivity contribution in [3.8, 4) is 0 Å². The third-order valence-corrected chi connectivity index (χ3v) is 6.96. The zero-order valence-corrected chi connectivity index (χ0v) is 21.7. The van der Waals surface area contributed by atoms with Crippen molar-refractivity contribution < 1.29 is 27.3 Å². The van der Waals surface area contributed by atoms with Gasteiger partial charge in [0.15, 0.2) is 0 Å². The van der Waals surface area contributed by atoms with Crippen LogP contribution < -0.4 is 15.5 Å². The molecule has 8 nitrogen and oxygen atoms in total. The van der Waals surface area contributed by atoms with Crippen LogP contribution in [0.25, 0.3) is 0 Å². The molecule has 0 saturated carbocycles. The molecular formula is C22H37BN2O6S. The Hall–Kier alpha value is -1.62. The molecule has 1 aromatic carbocycles. The molecule has 0 spiro atoms. The van der Waals surface area contributed by atoms with Crippen molar-refractivity contribution in [3.63, 3.8) is 0 Å². The van der Waals surface area contributed by atoms with Gasteiger partial charge in [0.2, 0.25) is 10.0 Å². The second kappa shape index (κ2) is 8.63. The number of benzene rings is 1. The van der Waals surface area contributed by atoms with Crippen molar-refractivity contribution in [3.05, 3.63) is 23.8 Å². The zero-order chi connectivity index (χ0) is 24.8. The van der Waals surface area contributed by atoms with Gasteiger partial charge in [0, 0.05) is 17.5 Å². The normalized spacial score (nSPS) is 18.5. The maximum atomic E-state index is 13.3. The van der Waals surface area contributed by atoms with E-state index >= 15 is 0 Å². The lowest BCUT2D eigenvalue weighted by molar-refractivity contribution is 0.00578. The van der Waals surface area contributed by atoms with Crippen LogP contribution in [0.2, 0.25) is 0 Å². The van der Waals surface area contributed by atoms with Crippen LogP contribution in [0.3, 0.4) is 0 Å². The smallest absolute Gasteiger partial charge is 0.444 e. The van der Waals surface area contributed by atoms with Crippen LogP contribution in [0.4, 0.5) is 4.79 Å². The molecule has 32 heavy (non-hydrogen) atoms. The lowest BCUT2D eigenvalue weighted by Crippen LogP contribution is -2.45. The average Bonchev–Trinajstić information content (AvgIpc) is 2.76. The fraction of sp³-hybridized carbons (Fsp3) is 0.682. The molecule has 1 fully saturated rings. The zero-order valence-electron chi connectivity index (χ0n) is 20.9. The van der Waals surface area contributed by atoms with Gasteiger partial charge < -0.3 is 19.4 Å². The molecule has 1 aliphatic rings. The Bertz CT molecular complexity index is 946. The van der Waals surface area contributed by atoms with Gasteiger partial charge in [-0.25, -0.2) is 17.9 Å². The van der Waals surface area contributed by atoms with Crippen LogP contribution in [0.5, 0.6) is 0 Å². The van der Waals surface area contributed by atoms with Crippen molar-refractivity contribution in [1.29, 1.82) is 0 Å². The number of rotatable bonds is 5. The number of amides is 1. The second-order valence-corrected chi connectivity index (χ2v) is 12.8. The Kier molecular flexibility index (Phi) is 7.18. The van der Waals surface area contributed by atoms with E-state index in [9.17, 15) is 13.2 Å². The fourth-order valence-electron chi connectivity index (χ4n) is 3.03. The molecule has 1 heterocycles. The molecule has 0 atom stereocenters. The Morgan fingerprint density at radius 2 is 1.56 bits per heavy atom. The summed E-state index contributed by atoms with van der Waals surface area (Å²) < 4.78 is 46.7. The van der Waals surface area contributed by atoms with E-state index in [-0.39, 0.29) is 11.4 Å². The monoisotopic (exact) mass is 468 g/mol. The molecule has 1 saturated heterocycles. The van der Waals surface area contributed by atoms with Gasteiger partial charge in [-0.1, -0.05) is 12.1 Å². The number of carbonyl (C=O) groups is 1. The molecule has 0 aliphatic carbocycles.